The summed E-state index contributed by atoms with van der Waals surface area (Å²) in [4.78, 5) is 23.3. The van der Waals surface area contributed by atoms with Gasteiger partial charge in [-0.3, -0.25) is 9.59 Å². The molecule has 0 aromatic heterocycles. The molecule has 0 bridgehead atoms. The Morgan fingerprint density at radius 3 is 2.74 bits per heavy atom. The fraction of sp³-hybridized carbons (Fsp3) is 0.385. The van der Waals surface area contributed by atoms with E-state index in [2.05, 4.69) is 26.6 Å². The molecule has 19 heavy (non-hydrogen) atoms. The minimum atomic E-state index is -0.263. The highest BCUT2D eigenvalue weighted by molar-refractivity contribution is 9.10. The van der Waals surface area contributed by atoms with Crippen LogP contribution in [0.5, 0.6) is 0 Å². The van der Waals surface area contributed by atoms with E-state index in [0.717, 1.165) is 10.0 Å². The van der Waals surface area contributed by atoms with Crippen LogP contribution < -0.4 is 10.6 Å². The lowest BCUT2D eigenvalue weighted by Crippen LogP contribution is -2.38. The largest absolute Gasteiger partial charge is 0.383 e. The Morgan fingerprint density at radius 2 is 2.05 bits per heavy atom. The summed E-state index contributed by atoms with van der Waals surface area (Å²) < 4.78 is 5.67. The van der Waals surface area contributed by atoms with E-state index in [4.69, 9.17) is 4.74 Å². The van der Waals surface area contributed by atoms with Gasteiger partial charge in [0.15, 0.2) is 0 Å². The van der Waals surface area contributed by atoms with Gasteiger partial charge in [-0.15, -0.1) is 0 Å². The zero-order valence-electron chi connectivity index (χ0n) is 11.0. The van der Waals surface area contributed by atoms with Crippen LogP contribution in [-0.4, -0.2) is 38.6 Å². The number of rotatable bonds is 6. The summed E-state index contributed by atoms with van der Waals surface area (Å²) in [7, 11) is 1.56. The average molecular weight is 329 g/mol. The van der Waals surface area contributed by atoms with E-state index in [9.17, 15) is 9.59 Å². The molecule has 0 fully saturated rings. The van der Waals surface area contributed by atoms with Gasteiger partial charge in [-0.25, -0.2) is 0 Å². The lowest BCUT2D eigenvalue weighted by molar-refractivity contribution is -0.120. The predicted molar refractivity (Wildman–Crippen MR) is 76.1 cm³/mol. The summed E-state index contributed by atoms with van der Waals surface area (Å²) in [6.07, 6.45) is 0. The number of nitrogens with one attached hydrogen (secondary N) is 2. The Labute approximate surface area is 120 Å². The molecular weight excluding hydrogens is 312 g/mol. The summed E-state index contributed by atoms with van der Waals surface area (Å²) in [5, 5.41) is 5.21. The van der Waals surface area contributed by atoms with E-state index in [1.165, 1.54) is 0 Å². The first-order valence-corrected chi connectivity index (χ1v) is 6.64. The maximum absolute atomic E-state index is 11.9. The molecule has 104 valence electrons. The Balaban J connectivity index is 2.47. The molecule has 0 atom stereocenters. The van der Waals surface area contributed by atoms with Crippen molar-refractivity contribution in [3.05, 3.63) is 33.8 Å². The van der Waals surface area contributed by atoms with Gasteiger partial charge in [0.05, 0.1) is 13.2 Å². The van der Waals surface area contributed by atoms with E-state index in [-0.39, 0.29) is 18.4 Å². The maximum atomic E-state index is 11.9. The summed E-state index contributed by atoms with van der Waals surface area (Å²) in [5.41, 5.74) is 1.40. The Hall–Kier alpha value is -1.40. The second kappa shape index (κ2) is 7.91. The molecule has 2 N–H and O–H groups in total. The number of hydrogen-bond acceptors (Lipinski definition) is 3. The number of methoxy groups -OCH3 is 1. The Bertz CT molecular complexity index is 463. The van der Waals surface area contributed by atoms with Crippen molar-refractivity contribution in [2.45, 2.75) is 6.92 Å². The molecule has 0 unspecified atom stereocenters. The lowest BCUT2D eigenvalue weighted by atomic mass is 10.1. The molecular formula is C13H17BrN2O3. The maximum Gasteiger partial charge on any atom is 0.252 e. The fourth-order valence-electron chi connectivity index (χ4n) is 1.46. The van der Waals surface area contributed by atoms with Crippen molar-refractivity contribution in [2.75, 3.05) is 26.8 Å². The lowest BCUT2D eigenvalue weighted by Gasteiger charge is -2.09. The minimum Gasteiger partial charge on any atom is -0.383 e. The van der Waals surface area contributed by atoms with Crippen LogP contribution in [0.1, 0.15) is 15.9 Å². The Morgan fingerprint density at radius 1 is 1.32 bits per heavy atom. The van der Waals surface area contributed by atoms with E-state index in [0.29, 0.717) is 18.7 Å². The van der Waals surface area contributed by atoms with E-state index < -0.39 is 0 Å². The van der Waals surface area contributed by atoms with Crippen LogP contribution in [0.4, 0.5) is 0 Å². The van der Waals surface area contributed by atoms with Crippen LogP contribution in [0.15, 0.2) is 22.7 Å². The second-order valence-corrected chi connectivity index (χ2v) is 4.79. The third-order valence-corrected chi connectivity index (χ3v) is 3.41. The highest BCUT2D eigenvalue weighted by atomic mass is 79.9. The van der Waals surface area contributed by atoms with Crippen molar-refractivity contribution in [1.82, 2.24) is 10.6 Å². The van der Waals surface area contributed by atoms with E-state index in [1.807, 2.05) is 13.0 Å². The number of carbonyl (C=O) groups is 2. The monoisotopic (exact) mass is 328 g/mol. The first-order chi connectivity index (χ1) is 9.06. The molecule has 1 aromatic rings. The molecule has 0 heterocycles. The third kappa shape index (κ3) is 5.00. The number of amides is 2. The van der Waals surface area contributed by atoms with Crippen molar-refractivity contribution in [3.63, 3.8) is 0 Å². The minimum absolute atomic E-state index is 0.0471. The van der Waals surface area contributed by atoms with E-state index >= 15 is 0 Å². The molecule has 0 aliphatic rings. The first-order valence-electron chi connectivity index (χ1n) is 5.85. The zero-order valence-corrected chi connectivity index (χ0v) is 12.5. The van der Waals surface area contributed by atoms with Crippen molar-refractivity contribution in [3.8, 4) is 0 Å². The van der Waals surface area contributed by atoms with Gasteiger partial charge in [0.25, 0.3) is 5.91 Å². The summed E-state index contributed by atoms with van der Waals surface area (Å²) >= 11 is 3.36. The van der Waals surface area contributed by atoms with Gasteiger partial charge >= 0.3 is 0 Å². The molecule has 0 radical (unpaired) electrons. The van der Waals surface area contributed by atoms with Gasteiger partial charge in [0.1, 0.15) is 0 Å². The molecule has 1 aromatic carbocycles. The van der Waals surface area contributed by atoms with Crippen molar-refractivity contribution in [1.29, 1.82) is 0 Å². The molecule has 0 aliphatic heterocycles. The second-order valence-electron chi connectivity index (χ2n) is 3.94. The van der Waals surface area contributed by atoms with Crippen molar-refractivity contribution >= 4 is 27.7 Å². The van der Waals surface area contributed by atoms with Crippen LogP contribution in [0.25, 0.3) is 0 Å². The summed E-state index contributed by atoms with van der Waals surface area (Å²) in [6.45, 7) is 2.68. The average Bonchev–Trinajstić information content (AvgIpc) is 2.39. The molecule has 0 saturated heterocycles. The van der Waals surface area contributed by atoms with Crippen LogP contribution in [0, 0.1) is 6.92 Å². The molecule has 0 aliphatic carbocycles. The van der Waals surface area contributed by atoms with Crippen LogP contribution >= 0.6 is 15.9 Å². The zero-order chi connectivity index (χ0) is 14.3. The standard InChI is InChI=1S/C13H17BrN2O3/c1-9-10(4-3-5-11(9)14)13(18)16-8-12(17)15-6-7-19-2/h3-5H,6-8H2,1-2H3,(H,15,17)(H,16,18). The number of benzene rings is 1. The molecule has 6 heteroatoms. The molecule has 5 nitrogen and oxygen atoms in total. The number of carbonyl (C=O) groups excluding carboxylic acids is 2. The normalized spacial score (nSPS) is 10.1. The quantitative estimate of drug-likeness (QED) is 0.772. The molecule has 0 saturated carbocycles. The van der Waals surface area contributed by atoms with E-state index in [1.54, 1.807) is 19.2 Å². The van der Waals surface area contributed by atoms with Crippen LogP contribution in [0.3, 0.4) is 0 Å². The van der Waals surface area contributed by atoms with Gasteiger partial charge in [-0.2, -0.15) is 0 Å². The molecule has 0 spiro atoms. The highest BCUT2D eigenvalue weighted by Gasteiger charge is 2.11. The number of halogens is 1. The summed E-state index contributed by atoms with van der Waals surface area (Å²) in [6, 6.07) is 5.37. The molecule has 2 amide bonds. The number of hydrogen-bond donors (Lipinski definition) is 2. The smallest absolute Gasteiger partial charge is 0.252 e. The Kier molecular flexibility index (Phi) is 6.52. The van der Waals surface area contributed by atoms with Gasteiger partial charge in [0.2, 0.25) is 5.91 Å². The highest BCUT2D eigenvalue weighted by Crippen LogP contribution is 2.19. The van der Waals surface area contributed by atoms with Gasteiger partial charge in [-0.05, 0) is 24.6 Å². The third-order valence-electron chi connectivity index (χ3n) is 2.55. The van der Waals surface area contributed by atoms with Gasteiger partial charge < -0.3 is 15.4 Å². The van der Waals surface area contributed by atoms with Gasteiger partial charge in [0, 0.05) is 23.7 Å². The number of ether oxygens (including phenoxy) is 1. The SMILES string of the molecule is COCCNC(=O)CNC(=O)c1cccc(Br)c1C. The van der Waals surface area contributed by atoms with Crippen molar-refractivity contribution < 1.29 is 14.3 Å². The predicted octanol–water partition coefficient (Wildman–Crippen LogP) is 1.25. The van der Waals surface area contributed by atoms with Crippen LogP contribution in [-0.2, 0) is 9.53 Å². The molecule has 1 rings (SSSR count). The van der Waals surface area contributed by atoms with Crippen LogP contribution in [0.2, 0.25) is 0 Å². The van der Waals surface area contributed by atoms with Gasteiger partial charge in [-0.1, -0.05) is 22.0 Å². The fourth-order valence-corrected chi connectivity index (χ4v) is 1.83. The van der Waals surface area contributed by atoms with Crippen molar-refractivity contribution in [2.24, 2.45) is 0 Å². The first kappa shape index (κ1) is 15.7. The topological polar surface area (TPSA) is 67.4 Å². The summed E-state index contributed by atoms with van der Waals surface area (Å²) in [5.74, 6) is -0.501.